The molecule has 0 radical (unpaired) electrons. The fourth-order valence-corrected chi connectivity index (χ4v) is 2.15. The van der Waals surface area contributed by atoms with Gasteiger partial charge in [-0.05, 0) is 35.6 Å². The van der Waals surface area contributed by atoms with Gasteiger partial charge in [0.25, 0.3) is 5.91 Å². The molecule has 1 amide bonds. The zero-order valence-corrected chi connectivity index (χ0v) is 12.1. The van der Waals surface area contributed by atoms with Gasteiger partial charge in [0.15, 0.2) is 17.2 Å². The first-order valence-electron chi connectivity index (χ1n) is 6.00. The first kappa shape index (κ1) is 14.3. The van der Waals surface area contributed by atoms with Gasteiger partial charge in [-0.3, -0.25) is 4.79 Å². The monoisotopic (exact) mass is 293 g/mol. The number of amides is 1. The number of nitrogens with zero attached hydrogens (tertiary/aromatic N) is 2. The van der Waals surface area contributed by atoms with Crippen LogP contribution in [0.5, 0.6) is 11.5 Å². The van der Waals surface area contributed by atoms with Crippen molar-refractivity contribution in [1.82, 2.24) is 14.9 Å². The number of hydrogen-bond acceptors (Lipinski definition) is 6. The molecule has 106 valence electrons. The van der Waals surface area contributed by atoms with E-state index in [9.17, 15) is 4.79 Å². The maximum absolute atomic E-state index is 11.7. The molecule has 0 aliphatic rings. The van der Waals surface area contributed by atoms with Crippen LogP contribution in [-0.4, -0.2) is 36.3 Å². The Balaban J connectivity index is 1.89. The average Bonchev–Trinajstić information content (AvgIpc) is 3.01. The van der Waals surface area contributed by atoms with Crippen LogP contribution in [0.1, 0.15) is 16.1 Å². The van der Waals surface area contributed by atoms with Crippen molar-refractivity contribution in [3.8, 4) is 11.5 Å². The van der Waals surface area contributed by atoms with E-state index in [0.29, 0.717) is 30.2 Å². The molecule has 0 saturated carbocycles. The highest BCUT2D eigenvalue weighted by molar-refractivity contribution is 7.03. The molecule has 0 fully saturated rings. The van der Waals surface area contributed by atoms with Gasteiger partial charge >= 0.3 is 0 Å². The lowest BCUT2D eigenvalue weighted by molar-refractivity contribution is 0.0949. The fourth-order valence-electron chi connectivity index (χ4n) is 1.71. The fraction of sp³-hybridized carbons (Fsp3) is 0.308. The summed E-state index contributed by atoms with van der Waals surface area (Å²) in [6, 6.07) is 5.69. The maximum Gasteiger partial charge on any atom is 0.272 e. The molecular weight excluding hydrogens is 278 g/mol. The van der Waals surface area contributed by atoms with Crippen molar-refractivity contribution < 1.29 is 14.3 Å². The van der Waals surface area contributed by atoms with Crippen molar-refractivity contribution in [1.29, 1.82) is 0 Å². The zero-order chi connectivity index (χ0) is 14.4. The molecule has 0 atom stereocenters. The molecule has 0 unspecified atom stereocenters. The van der Waals surface area contributed by atoms with Crippen LogP contribution in [0.15, 0.2) is 23.6 Å². The summed E-state index contributed by atoms with van der Waals surface area (Å²) < 4.78 is 14.1. The number of carbonyl (C=O) groups is 1. The van der Waals surface area contributed by atoms with Crippen LogP contribution in [0.3, 0.4) is 0 Å². The summed E-state index contributed by atoms with van der Waals surface area (Å²) in [6.45, 7) is 0.520. The Morgan fingerprint density at radius 1 is 1.30 bits per heavy atom. The number of nitrogens with one attached hydrogen (secondary N) is 1. The molecule has 0 aliphatic carbocycles. The number of aromatic nitrogens is 2. The highest BCUT2D eigenvalue weighted by atomic mass is 32.1. The van der Waals surface area contributed by atoms with E-state index in [1.54, 1.807) is 19.6 Å². The quantitative estimate of drug-likeness (QED) is 0.874. The molecule has 6 nitrogen and oxygen atoms in total. The van der Waals surface area contributed by atoms with E-state index in [-0.39, 0.29) is 5.91 Å². The summed E-state index contributed by atoms with van der Waals surface area (Å²) in [6.07, 6.45) is 0.698. The molecule has 0 saturated heterocycles. The smallest absolute Gasteiger partial charge is 0.272 e. The summed E-state index contributed by atoms with van der Waals surface area (Å²) in [5.41, 5.74) is 1.40. The van der Waals surface area contributed by atoms with Gasteiger partial charge in [0.05, 0.1) is 14.2 Å². The van der Waals surface area contributed by atoms with Gasteiger partial charge in [0.1, 0.15) is 0 Å². The lowest BCUT2D eigenvalue weighted by atomic mass is 10.1. The SMILES string of the molecule is COc1ccc(CCNC(=O)c2csnn2)cc1OC. The first-order chi connectivity index (χ1) is 9.74. The Bertz CT molecular complexity index is 572. The lowest BCUT2D eigenvalue weighted by Gasteiger charge is -2.09. The lowest BCUT2D eigenvalue weighted by Crippen LogP contribution is -2.26. The molecule has 0 spiro atoms. The molecule has 0 bridgehead atoms. The number of benzene rings is 1. The number of hydrogen-bond donors (Lipinski definition) is 1. The second kappa shape index (κ2) is 6.85. The van der Waals surface area contributed by atoms with Gasteiger partial charge in [-0.25, -0.2) is 0 Å². The van der Waals surface area contributed by atoms with E-state index in [1.165, 1.54) is 0 Å². The van der Waals surface area contributed by atoms with Gasteiger partial charge in [-0.2, -0.15) is 0 Å². The van der Waals surface area contributed by atoms with Crippen LogP contribution in [0.2, 0.25) is 0 Å². The summed E-state index contributed by atoms with van der Waals surface area (Å²) in [5.74, 6) is 1.16. The number of carbonyl (C=O) groups excluding carboxylic acids is 1. The Morgan fingerprint density at radius 2 is 2.10 bits per heavy atom. The number of methoxy groups -OCH3 is 2. The Kier molecular flexibility index (Phi) is 4.89. The van der Waals surface area contributed by atoms with Crippen LogP contribution < -0.4 is 14.8 Å². The van der Waals surface area contributed by atoms with Gasteiger partial charge in [-0.1, -0.05) is 10.6 Å². The highest BCUT2D eigenvalue weighted by Gasteiger charge is 2.08. The normalized spacial score (nSPS) is 10.1. The van der Waals surface area contributed by atoms with E-state index >= 15 is 0 Å². The average molecular weight is 293 g/mol. The zero-order valence-electron chi connectivity index (χ0n) is 11.3. The van der Waals surface area contributed by atoms with Crippen LogP contribution in [0, 0.1) is 0 Å². The summed E-state index contributed by atoms with van der Waals surface area (Å²) in [5, 5.41) is 8.12. The Hall–Kier alpha value is -2.15. The largest absolute Gasteiger partial charge is 0.493 e. The second-order valence-corrected chi connectivity index (χ2v) is 4.60. The number of rotatable bonds is 6. The summed E-state index contributed by atoms with van der Waals surface area (Å²) in [4.78, 5) is 11.7. The Labute approximate surface area is 120 Å². The van der Waals surface area contributed by atoms with Crippen molar-refractivity contribution >= 4 is 17.4 Å². The van der Waals surface area contributed by atoms with E-state index in [2.05, 4.69) is 14.9 Å². The first-order valence-corrected chi connectivity index (χ1v) is 6.84. The van der Waals surface area contributed by atoms with Crippen LogP contribution in [-0.2, 0) is 6.42 Å². The molecule has 1 heterocycles. The van der Waals surface area contributed by atoms with Crippen molar-refractivity contribution in [2.45, 2.75) is 6.42 Å². The molecule has 7 heteroatoms. The van der Waals surface area contributed by atoms with Gasteiger partial charge < -0.3 is 14.8 Å². The third-order valence-electron chi connectivity index (χ3n) is 2.74. The van der Waals surface area contributed by atoms with E-state index < -0.39 is 0 Å². The maximum atomic E-state index is 11.7. The minimum Gasteiger partial charge on any atom is -0.493 e. The van der Waals surface area contributed by atoms with E-state index in [4.69, 9.17) is 9.47 Å². The summed E-state index contributed by atoms with van der Waals surface area (Å²) >= 11 is 1.15. The Morgan fingerprint density at radius 3 is 2.75 bits per heavy atom. The van der Waals surface area contributed by atoms with Crippen LogP contribution in [0.25, 0.3) is 0 Å². The van der Waals surface area contributed by atoms with Crippen molar-refractivity contribution in [2.24, 2.45) is 0 Å². The molecule has 2 aromatic rings. The third-order valence-corrected chi connectivity index (χ3v) is 3.24. The molecule has 0 aliphatic heterocycles. The van der Waals surface area contributed by atoms with Gasteiger partial charge in [0, 0.05) is 11.9 Å². The van der Waals surface area contributed by atoms with Gasteiger partial charge in [0.2, 0.25) is 0 Å². The van der Waals surface area contributed by atoms with Crippen molar-refractivity contribution in [2.75, 3.05) is 20.8 Å². The van der Waals surface area contributed by atoms with Crippen LogP contribution >= 0.6 is 11.5 Å². The second-order valence-electron chi connectivity index (χ2n) is 3.99. The number of ether oxygens (including phenoxy) is 2. The molecule has 20 heavy (non-hydrogen) atoms. The molecule has 1 N–H and O–H groups in total. The highest BCUT2D eigenvalue weighted by Crippen LogP contribution is 2.27. The standard InChI is InChI=1S/C13H15N3O3S/c1-18-11-4-3-9(7-12(11)19-2)5-6-14-13(17)10-8-20-16-15-10/h3-4,7-8H,5-6H2,1-2H3,(H,14,17). The van der Waals surface area contributed by atoms with Gasteiger partial charge in [-0.15, -0.1) is 5.10 Å². The molecule has 1 aromatic carbocycles. The van der Waals surface area contributed by atoms with Crippen molar-refractivity contribution in [3.05, 3.63) is 34.8 Å². The van der Waals surface area contributed by atoms with Crippen LogP contribution in [0.4, 0.5) is 0 Å². The predicted molar refractivity (Wildman–Crippen MR) is 75.5 cm³/mol. The topological polar surface area (TPSA) is 73.3 Å². The van der Waals surface area contributed by atoms with E-state index in [1.807, 2.05) is 18.2 Å². The minimum atomic E-state index is -0.209. The molecule has 1 aromatic heterocycles. The predicted octanol–water partition coefficient (Wildman–Crippen LogP) is 1.53. The molecule has 2 rings (SSSR count). The third kappa shape index (κ3) is 3.45. The minimum absolute atomic E-state index is 0.209. The van der Waals surface area contributed by atoms with Crippen molar-refractivity contribution in [3.63, 3.8) is 0 Å². The molecular formula is C13H15N3O3S. The summed E-state index contributed by atoms with van der Waals surface area (Å²) in [7, 11) is 3.19. The van der Waals surface area contributed by atoms with E-state index in [0.717, 1.165) is 17.1 Å².